The number of carbonyl (C=O) groups excluding carboxylic acids is 1. The molecule has 3 heteroatoms. The molecule has 0 aromatic heterocycles. The molecule has 20 heavy (non-hydrogen) atoms. The van der Waals surface area contributed by atoms with Gasteiger partial charge >= 0.3 is 5.97 Å². The van der Waals surface area contributed by atoms with Crippen LogP contribution in [-0.2, 0) is 9.53 Å². The zero-order valence-corrected chi connectivity index (χ0v) is 12.1. The molecule has 0 saturated carbocycles. The van der Waals surface area contributed by atoms with E-state index < -0.39 is 17.7 Å². The molecule has 0 aliphatic heterocycles. The van der Waals surface area contributed by atoms with E-state index in [0.29, 0.717) is 0 Å². The summed E-state index contributed by atoms with van der Waals surface area (Å²) in [7, 11) is 0. The third-order valence-electron chi connectivity index (χ3n) is 2.94. The molecule has 2 aromatic rings. The van der Waals surface area contributed by atoms with E-state index in [-0.39, 0.29) is 6.42 Å². The second-order valence-corrected chi connectivity index (χ2v) is 5.91. The molecule has 0 spiro atoms. The molecule has 0 radical (unpaired) electrons. The number of hydrogen-bond donors (Lipinski definition) is 1. The Hall–Kier alpha value is -1.87. The van der Waals surface area contributed by atoms with Crippen molar-refractivity contribution in [2.45, 2.75) is 38.9 Å². The summed E-state index contributed by atoms with van der Waals surface area (Å²) < 4.78 is 5.22. The van der Waals surface area contributed by atoms with E-state index in [1.54, 1.807) is 0 Å². The number of hydrogen-bond acceptors (Lipinski definition) is 3. The Labute approximate surface area is 119 Å². The van der Waals surface area contributed by atoms with Gasteiger partial charge in [-0.05, 0) is 43.2 Å². The Morgan fingerprint density at radius 3 is 2.45 bits per heavy atom. The van der Waals surface area contributed by atoms with Crippen LogP contribution < -0.4 is 0 Å². The molecule has 0 heterocycles. The SMILES string of the molecule is CC(C)(C)OC(=O)CC(O)c1ccc2ccccc2c1. The maximum Gasteiger partial charge on any atom is 0.309 e. The third kappa shape index (κ3) is 3.81. The number of aliphatic hydroxyl groups excluding tert-OH is 1. The van der Waals surface area contributed by atoms with Crippen LogP contribution in [0.25, 0.3) is 10.8 Å². The molecule has 3 nitrogen and oxygen atoms in total. The largest absolute Gasteiger partial charge is 0.460 e. The number of esters is 1. The first kappa shape index (κ1) is 14.5. The summed E-state index contributed by atoms with van der Waals surface area (Å²) >= 11 is 0. The second kappa shape index (κ2) is 5.63. The standard InChI is InChI=1S/C17H20O3/c1-17(2,3)20-16(19)11-15(18)14-9-8-12-6-4-5-7-13(12)10-14/h4-10,15,18H,11H2,1-3H3. The highest BCUT2D eigenvalue weighted by Gasteiger charge is 2.20. The average molecular weight is 272 g/mol. The first-order valence-corrected chi connectivity index (χ1v) is 6.74. The van der Waals surface area contributed by atoms with Crippen molar-refractivity contribution in [3.8, 4) is 0 Å². The minimum atomic E-state index is -0.838. The normalized spacial score (nSPS) is 13.2. The maximum atomic E-state index is 11.7. The van der Waals surface area contributed by atoms with Crippen molar-refractivity contribution in [3.63, 3.8) is 0 Å². The molecule has 0 aliphatic rings. The van der Waals surface area contributed by atoms with Gasteiger partial charge in [-0.2, -0.15) is 0 Å². The minimum absolute atomic E-state index is 0.0321. The Bertz CT molecular complexity index is 611. The molecule has 0 bridgehead atoms. The topological polar surface area (TPSA) is 46.5 Å². The Morgan fingerprint density at radius 1 is 1.15 bits per heavy atom. The smallest absolute Gasteiger partial charge is 0.309 e. The van der Waals surface area contributed by atoms with Crippen LogP contribution in [0.3, 0.4) is 0 Å². The fraction of sp³-hybridized carbons (Fsp3) is 0.353. The summed E-state index contributed by atoms with van der Waals surface area (Å²) in [5.74, 6) is -0.391. The molecule has 0 fully saturated rings. The summed E-state index contributed by atoms with van der Waals surface area (Å²) in [6.45, 7) is 5.44. The van der Waals surface area contributed by atoms with Crippen molar-refractivity contribution in [2.75, 3.05) is 0 Å². The van der Waals surface area contributed by atoms with Crippen molar-refractivity contribution >= 4 is 16.7 Å². The van der Waals surface area contributed by atoms with Crippen LogP contribution in [0.15, 0.2) is 42.5 Å². The van der Waals surface area contributed by atoms with E-state index in [1.165, 1.54) is 0 Å². The van der Waals surface area contributed by atoms with E-state index in [1.807, 2.05) is 63.2 Å². The summed E-state index contributed by atoms with van der Waals surface area (Å²) in [5.41, 5.74) is 0.203. The quantitative estimate of drug-likeness (QED) is 0.868. The molecule has 1 atom stereocenters. The van der Waals surface area contributed by atoms with Gasteiger partial charge in [0.05, 0.1) is 12.5 Å². The summed E-state index contributed by atoms with van der Waals surface area (Å²) in [4.78, 5) is 11.7. The Morgan fingerprint density at radius 2 is 1.80 bits per heavy atom. The van der Waals surface area contributed by atoms with Crippen LogP contribution in [0.4, 0.5) is 0 Å². The van der Waals surface area contributed by atoms with Crippen molar-refractivity contribution in [1.82, 2.24) is 0 Å². The lowest BCUT2D eigenvalue weighted by molar-refractivity contribution is -0.157. The van der Waals surface area contributed by atoms with Gasteiger partial charge in [-0.3, -0.25) is 4.79 Å². The number of aliphatic hydroxyl groups is 1. The van der Waals surface area contributed by atoms with E-state index in [2.05, 4.69) is 0 Å². The van der Waals surface area contributed by atoms with Crippen LogP contribution in [0.2, 0.25) is 0 Å². The van der Waals surface area contributed by atoms with Crippen LogP contribution in [0.1, 0.15) is 38.9 Å². The fourth-order valence-corrected chi connectivity index (χ4v) is 2.07. The summed E-state index contributed by atoms with van der Waals surface area (Å²) in [5, 5.41) is 12.3. The van der Waals surface area contributed by atoms with Crippen molar-refractivity contribution in [2.24, 2.45) is 0 Å². The number of fused-ring (bicyclic) bond motifs is 1. The molecular weight excluding hydrogens is 252 g/mol. The lowest BCUT2D eigenvalue weighted by atomic mass is 10.0. The van der Waals surface area contributed by atoms with Gasteiger partial charge in [0.15, 0.2) is 0 Å². The highest BCUT2D eigenvalue weighted by Crippen LogP contribution is 2.23. The molecule has 0 saturated heterocycles. The first-order chi connectivity index (χ1) is 9.35. The van der Waals surface area contributed by atoms with E-state index in [0.717, 1.165) is 16.3 Å². The second-order valence-electron chi connectivity index (χ2n) is 5.91. The molecule has 1 N–H and O–H groups in total. The van der Waals surface area contributed by atoms with E-state index >= 15 is 0 Å². The van der Waals surface area contributed by atoms with Gasteiger partial charge in [0, 0.05) is 0 Å². The van der Waals surface area contributed by atoms with Gasteiger partial charge in [0.1, 0.15) is 5.60 Å². The predicted octanol–water partition coefficient (Wildman–Crippen LogP) is 3.61. The van der Waals surface area contributed by atoms with Crippen LogP contribution in [0.5, 0.6) is 0 Å². The molecule has 2 rings (SSSR count). The van der Waals surface area contributed by atoms with Crippen LogP contribution in [-0.4, -0.2) is 16.7 Å². The predicted molar refractivity (Wildman–Crippen MR) is 79.4 cm³/mol. The molecule has 2 aromatic carbocycles. The van der Waals surface area contributed by atoms with Crippen molar-refractivity contribution in [1.29, 1.82) is 0 Å². The Kier molecular flexibility index (Phi) is 4.09. The molecule has 106 valence electrons. The van der Waals surface area contributed by atoms with Gasteiger partial charge in [-0.1, -0.05) is 36.4 Å². The van der Waals surface area contributed by atoms with Gasteiger partial charge in [0.2, 0.25) is 0 Å². The Balaban J connectivity index is 2.11. The van der Waals surface area contributed by atoms with Crippen molar-refractivity contribution in [3.05, 3.63) is 48.0 Å². The summed E-state index contributed by atoms with van der Waals surface area (Å²) in [6.07, 6.45) is -0.871. The van der Waals surface area contributed by atoms with Crippen LogP contribution in [0, 0.1) is 0 Å². The highest BCUT2D eigenvalue weighted by atomic mass is 16.6. The number of carbonyl (C=O) groups is 1. The lowest BCUT2D eigenvalue weighted by Crippen LogP contribution is -2.24. The fourth-order valence-electron chi connectivity index (χ4n) is 2.07. The number of benzene rings is 2. The van der Waals surface area contributed by atoms with Gasteiger partial charge in [0.25, 0.3) is 0 Å². The number of ether oxygens (including phenoxy) is 1. The monoisotopic (exact) mass is 272 g/mol. The van der Waals surface area contributed by atoms with Crippen molar-refractivity contribution < 1.29 is 14.6 Å². The lowest BCUT2D eigenvalue weighted by Gasteiger charge is -2.20. The maximum absolute atomic E-state index is 11.7. The molecule has 1 unspecified atom stereocenters. The molecular formula is C17H20O3. The summed E-state index contributed by atoms with van der Waals surface area (Å²) in [6, 6.07) is 13.6. The number of rotatable bonds is 3. The third-order valence-corrected chi connectivity index (χ3v) is 2.94. The van der Waals surface area contributed by atoms with E-state index in [4.69, 9.17) is 4.74 Å². The van der Waals surface area contributed by atoms with Crippen LogP contribution >= 0.6 is 0 Å². The first-order valence-electron chi connectivity index (χ1n) is 6.74. The average Bonchev–Trinajstić information content (AvgIpc) is 2.35. The van der Waals surface area contributed by atoms with Gasteiger partial charge in [-0.25, -0.2) is 0 Å². The zero-order valence-electron chi connectivity index (χ0n) is 12.1. The zero-order chi connectivity index (χ0) is 14.8. The highest BCUT2D eigenvalue weighted by molar-refractivity contribution is 5.83. The molecule has 0 aliphatic carbocycles. The van der Waals surface area contributed by atoms with Gasteiger partial charge in [-0.15, -0.1) is 0 Å². The molecule has 0 amide bonds. The minimum Gasteiger partial charge on any atom is -0.460 e. The van der Waals surface area contributed by atoms with E-state index in [9.17, 15) is 9.90 Å². The van der Waals surface area contributed by atoms with Gasteiger partial charge < -0.3 is 9.84 Å².